The number of likely N-dealkylation sites (N-methyl/N-ethyl adjacent to an activating group) is 1. The predicted molar refractivity (Wildman–Crippen MR) is 121 cm³/mol. The average molecular weight is 440 g/mol. The Labute approximate surface area is 191 Å². The maximum atomic E-state index is 10.2. The zero-order valence-corrected chi connectivity index (χ0v) is 20.2. The molecule has 7 aliphatic rings. The molecule has 4 aliphatic carbocycles. The third kappa shape index (κ3) is 1.86. The summed E-state index contributed by atoms with van der Waals surface area (Å²) < 4.78 is 20.4. The van der Waals surface area contributed by atoms with Crippen LogP contribution in [0.1, 0.15) is 70.1 Å². The van der Waals surface area contributed by atoms with E-state index in [9.17, 15) is 5.11 Å². The molecule has 32 heavy (non-hydrogen) atoms. The van der Waals surface area contributed by atoms with Crippen LogP contribution in [0, 0.1) is 16.7 Å². The zero-order valence-electron chi connectivity index (χ0n) is 20.2. The molecule has 1 N–H and O–H groups in total. The normalized spacial score (nSPS) is 48.2. The molecule has 8 rings (SSSR count). The Kier molecular flexibility index (Phi) is 3.63. The molecule has 0 aromatic heterocycles. The fraction of sp³-hybridized carbons (Fsp3) is 0.778. The summed E-state index contributed by atoms with van der Waals surface area (Å²) in [6, 6.07) is 4.89. The molecule has 174 valence electrons. The molecule has 3 spiro atoms. The monoisotopic (exact) mass is 439 g/mol. The van der Waals surface area contributed by atoms with E-state index in [2.05, 4.69) is 51.8 Å². The van der Waals surface area contributed by atoms with Gasteiger partial charge >= 0.3 is 0 Å². The molecule has 0 radical (unpaired) electrons. The molecular weight excluding hydrogens is 402 g/mol. The quantitative estimate of drug-likeness (QED) is 0.722. The van der Waals surface area contributed by atoms with Gasteiger partial charge in [0.2, 0.25) is 0 Å². The van der Waals surface area contributed by atoms with E-state index in [0.29, 0.717) is 12.8 Å². The first-order chi connectivity index (χ1) is 15.1. The highest BCUT2D eigenvalue weighted by Crippen LogP contribution is 2.78. The molecule has 3 heterocycles. The molecular formula is C27H37NO4. The van der Waals surface area contributed by atoms with Gasteiger partial charge in [0, 0.05) is 33.9 Å². The molecule has 1 unspecified atom stereocenters. The van der Waals surface area contributed by atoms with E-state index in [4.69, 9.17) is 14.2 Å². The Morgan fingerprint density at radius 2 is 1.97 bits per heavy atom. The van der Waals surface area contributed by atoms with Gasteiger partial charge in [0.1, 0.15) is 24.2 Å². The van der Waals surface area contributed by atoms with E-state index in [-0.39, 0.29) is 46.1 Å². The number of rotatable bonds is 1. The third-order valence-corrected chi connectivity index (χ3v) is 11.4. The summed E-state index contributed by atoms with van der Waals surface area (Å²) in [6.45, 7) is 10.8. The molecule has 3 aliphatic heterocycles. The molecule has 5 heteroatoms. The molecule has 5 fully saturated rings. The Hall–Kier alpha value is -1.14. The second-order valence-corrected chi connectivity index (χ2v) is 12.8. The van der Waals surface area contributed by atoms with Crippen LogP contribution in [0.15, 0.2) is 12.1 Å². The smallest absolute Gasteiger partial charge is 0.148 e. The van der Waals surface area contributed by atoms with Crippen LogP contribution >= 0.6 is 0 Å². The van der Waals surface area contributed by atoms with Gasteiger partial charge in [-0.25, -0.2) is 0 Å². The van der Waals surface area contributed by atoms with Crippen molar-refractivity contribution in [2.24, 2.45) is 16.7 Å². The number of hydrogen-bond acceptors (Lipinski definition) is 5. The van der Waals surface area contributed by atoms with E-state index in [0.717, 1.165) is 43.5 Å². The number of nitrogens with zero attached hydrogens (tertiary/aromatic N) is 1. The molecule has 0 amide bonds. The molecule has 4 bridgehead atoms. The molecule has 1 aromatic carbocycles. The van der Waals surface area contributed by atoms with Gasteiger partial charge in [-0.1, -0.05) is 32.9 Å². The maximum Gasteiger partial charge on any atom is 0.148 e. The number of benzene rings is 1. The summed E-state index contributed by atoms with van der Waals surface area (Å²) in [4.78, 5) is 2.64. The number of likely N-dealkylation sites (tertiary alicyclic amines) is 1. The lowest BCUT2D eigenvalue weighted by Crippen LogP contribution is -2.84. The van der Waals surface area contributed by atoms with E-state index >= 15 is 0 Å². The minimum Gasteiger partial charge on any atom is -0.486 e. The van der Waals surface area contributed by atoms with Gasteiger partial charge in [-0.05, 0) is 63.6 Å². The Balaban J connectivity index is 1.52. The fourth-order valence-electron chi connectivity index (χ4n) is 9.52. The minimum atomic E-state index is -0.331. The predicted octanol–water partition coefficient (Wildman–Crippen LogP) is 3.79. The molecule has 5 nitrogen and oxygen atoms in total. The maximum absolute atomic E-state index is 10.2. The molecule has 1 aromatic rings. The molecule has 7 atom stereocenters. The zero-order chi connectivity index (χ0) is 22.3. The number of aliphatic hydroxyl groups is 1. The summed E-state index contributed by atoms with van der Waals surface area (Å²) >= 11 is 0. The number of fused-ring (bicyclic) bond motifs is 1. The number of ether oxygens (including phenoxy) is 3. The van der Waals surface area contributed by atoms with Crippen molar-refractivity contribution in [3.8, 4) is 5.75 Å². The van der Waals surface area contributed by atoms with E-state index in [1.165, 1.54) is 17.5 Å². The summed E-state index contributed by atoms with van der Waals surface area (Å²) in [5, 5.41) is 10.2. The van der Waals surface area contributed by atoms with Gasteiger partial charge in [-0.2, -0.15) is 0 Å². The lowest BCUT2D eigenvalue weighted by molar-refractivity contribution is -0.389. The van der Waals surface area contributed by atoms with Gasteiger partial charge in [0.25, 0.3) is 0 Å². The van der Waals surface area contributed by atoms with Gasteiger partial charge in [-0.15, -0.1) is 0 Å². The number of piperidine rings is 1. The van der Waals surface area contributed by atoms with Crippen LogP contribution in [0.4, 0.5) is 0 Å². The molecule has 3 saturated carbocycles. The van der Waals surface area contributed by atoms with Crippen molar-refractivity contribution in [3.63, 3.8) is 0 Å². The van der Waals surface area contributed by atoms with Crippen LogP contribution in [0.3, 0.4) is 0 Å². The van der Waals surface area contributed by atoms with Crippen molar-refractivity contribution in [2.45, 2.75) is 95.2 Å². The van der Waals surface area contributed by atoms with Crippen LogP contribution < -0.4 is 4.74 Å². The highest BCUT2D eigenvalue weighted by Gasteiger charge is 2.83. The van der Waals surface area contributed by atoms with Crippen molar-refractivity contribution in [3.05, 3.63) is 28.8 Å². The number of hydrogen-bond donors (Lipinski definition) is 1. The van der Waals surface area contributed by atoms with Crippen LogP contribution in [0.2, 0.25) is 0 Å². The second kappa shape index (κ2) is 5.73. The van der Waals surface area contributed by atoms with E-state index in [1.807, 2.05) is 0 Å². The first-order valence-electron chi connectivity index (χ1n) is 12.6. The summed E-state index contributed by atoms with van der Waals surface area (Å²) in [5.41, 5.74) is 3.37. The van der Waals surface area contributed by atoms with Crippen molar-refractivity contribution in [1.29, 1.82) is 0 Å². The van der Waals surface area contributed by atoms with Gasteiger partial charge in [0.15, 0.2) is 0 Å². The summed E-state index contributed by atoms with van der Waals surface area (Å²) in [7, 11) is 2.33. The topological polar surface area (TPSA) is 51.2 Å². The third-order valence-electron chi connectivity index (χ3n) is 11.4. The Bertz CT molecular complexity index is 1020. The molecule has 2 saturated heterocycles. The van der Waals surface area contributed by atoms with Crippen molar-refractivity contribution in [2.75, 3.05) is 20.4 Å². The SMILES string of the molecule is CN1CC[C@]23c4c5ccc(CO)c4O[C@H]2[C@@]24CCC3(C[C@@H]2[C@@](C)(C(C)(C)C)OCO4)[C@H]1C5. The van der Waals surface area contributed by atoms with Gasteiger partial charge < -0.3 is 24.2 Å². The number of aliphatic hydroxyl groups excluding tert-OH is 1. The summed E-state index contributed by atoms with van der Waals surface area (Å²) in [6.07, 6.45) is 5.58. The van der Waals surface area contributed by atoms with E-state index in [1.54, 1.807) is 0 Å². The van der Waals surface area contributed by atoms with E-state index < -0.39 is 0 Å². The van der Waals surface area contributed by atoms with Crippen molar-refractivity contribution >= 4 is 0 Å². The second-order valence-electron chi connectivity index (χ2n) is 12.8. The first kappa shape index (κ1) is 20.3. The highest BCUT2D eigenvalue weighted by atomic mass is 16.7. The van der Waals surface area contributed by atoms with Crippen LogP contribution in [-0.4, -0.2) is 53.7 Å². The Morgan fingerprint density at radius 3 is 2.72 bits per heavy atom. The van der Waals surface area contributed by atoms with Gasteiger partial charge in [-0.3, -0.25) is 0 Å². The van der Waals surface area contributed by atoms with Crippen LogP contribution in [0.25, 0.3) is 0 Å². The highest BCUT2D eigenvalue weighted by molar-refractivity contribution is 5.61. The largest absolute Gasteiger partial charge is 0.486 e. The van der Waals surface area contributed by atoms with Gasteiger partial charge in [0.05, 0.1) is 12.2 Å². The van der Waals surface area contributed by atoms with Crippen molar-refractivity contribution in [1.82, 2.24) is 4.90 Å². The Morgan fingerprint density at radius 1 is 1.16 bits per heavy atom. The minimum absolute atomic E-state index is 0.00170. The summed E-state index contributed by atoms with van der Waals surface area (Å²) in [5.74, 6) is 1.27. The fourth-order valence-corrected chi connectivity index (χ4v) is 9.52. The standard InChI is InChI=1S/C27H37NO4/c1-23(2,3)24(4)18-13-25-8-9-27(18,31-15-30-24)22-26(25)10-11-28(5)19(25)12-16-6-7-17(14-29)21(32-22)20(16)26/h6-7,18-19,22,29H,8-15H2,1-5H3/t18-,19-,22-,24+,25?,26+,27-/m1/s1. The lowest BCUT2D eigenvalue weighted by atomic mass is 9.33. The van der Waals surface area contributed by atoms with Crippen molar-refractivity contribution < 1.29 is 19.3 Å². The van der Waals surface area contributed by atoms with Crippen LogP contribution in [-0.2, 0) is 27.9 Å². The lowest BCUT2D eigenvalue weighted by Gasteiger charge is -2.76. The van der Waals surface area contributed by atoms with Crippen LogP contribution in [0.5, 0.6) is 5.75 Å². The first-order valence-corrected chi connectivity index (χ1v) is 12.6. The average Bonchev–Trinajstić information content (AvgIpc) is 3.12.